The van der Waals surface area contributed by atoms with E-state index in [9.17, 15) is 0 Å². The number of nitrogens with one attached hydrogen (secondary N) is 1. The van der Waals surface area contributed by atoms with Crippen LogP contribution < -0.4 is 5.32 Å². The number of hydrogen-bond donors (Lipinski definition) is 1. The van der Waals surface area contributed by atoms with Gasteiger partial charge >= 0.3 is 0 Å². The molecular weight excluding hydrogens is 314 g/mol. The van der Waals surface area contributed by atoms with E-state index in [1.54, 1.807) is 0 Å². The first-order chi connectivity index (χ1) is 12.4. The summed E-state index contributed by atoms with van der Waals surface area (Å²) in [5, 5.41) is 16.7. The predicted octanol–water partition coefficient (Wildman–Crippen LogP) is 3.19. The second kappa shape index (κ2) is 6.11. The largest absolute Gasteiger partial charge is 0.373 e. The Morgan fingerprint density at radius 1 is 1.04 bits per heavy atom. The van der Waals surface area contributed by atoms with E-state index in [0.29, 0.717) is 11.8 Å². The normalized spacial score (nSPS) is 23.2. The van der Waals surface area contributed by atoms with Crippen molar-refractivity contribution in [2.75, 3.05) is 18.5 Å². The monoisotopic (exact) mass is 335 g/mol. The molecule has 25 heavy (non-hydrogen) atoms. The molecule has 0 radical (unpaired) electrons. The van der Waals surface area contributed by atoms with Crippen LogP contribution in [-0.2, 0) is 4.74 Å². The lowest BCUT2D eigenvalue weighted by Gasteiger charge is -2.19. The number of ether oxygens (including phenoxy) is 1. The van der Waals surface area contributed by atoms with Gasteiger partial charge in [-0.15, -0.1) is 15.3 Å². The van der Waals surface area contributed by atoms with E-state index in [0.717, 1.165) is 36.9 Å². The molecule has 2 unspecified atom stereocenters. The first-order valence-corrected chi connectivity index (χ1v) is 9.01. The van der Waals surface area contributed by atoms with E-state index < -0.39 is 0 Å². The number of aromatic nitrogens is 4. The second-order valence-corrected chi connectivity index (χ2v) is 6.95. The van der Waals surface area contributed by atoms with Crippen LogP contribution >= 0.6 is 0 Å². The van der Waals surface area contributed by atoms with Gasteiger partial charge in [0, 0.05) is 25.0 Å². The molecule has 1 aliphatic carbocycles. The number of nitrogens with zero attached hydrogens (tertiary/aromatic N) is 4. The van der Waals surface area contributed by atoms with Gasteiger partial charge in [0.25, 0.3) is 0 Å². The van der Waals surface area contributed by atoms with Gasteiger partial charge in [0.05, 0.1) is 6.10 Å². The molecule has 1 aliphatic heterocycles. The van der Waals surface area contributed by atoms with E-state index >= 15 is 0 Å². The van der Waals surface area contributed by atoms with Crippen molar-refractivity contribution in [3.63, 3.8) is 0 Å². The average molecular weight is 335 g/mol. The molecule has 128 valence electrons. The first kappa shape index (κ1) is 14.8. The molecule has 0 spiro atoms. The van der Waals surface area contributed by atoms with Gasteiger partial charge in [-0.25, -0.2) is 0 Å². The molecule has 1 saturated heterocycles. The van der Waals surface area contributed by atoms with E-state index in [1.165, 1.54) is 18.4 Å². The van der Waals surface area contributed by atoms with Crippen LogP contribution in [0.15, 0.2) is 42.5 Å². The standard InChI is InChI=1S/C19H21N5O/c1-2-4-13(5-3-1)18-15(10-11-25-18)12-20-16-8-9-17-21-22-19(14-6-7-14)24(17)23-16/h1-5,8-9,14-15,18H,6-7,10-12H2,(H,20,23). The first-order valence-electron chi connectivity index (χ1n) is 9.01. The summed E-state index contributed by atoms with van der Waals surface area (Å²) < 4.78 is 7.86. The summed E-state index contributed by atoms with van der Waals surface area (Å²) in [4.78, 5) is 0. The van der Waals surface area contributed by atoms with Gasteiger partial charge in [0.15, 0.2) is 11.5 Å². The van der Waals surface area contributed by atoms with Crippen molar-refractivity contribution in [2.24, 2.45) is 5.92 Å². The van der Waals surface area contributed by atoms with Gasteiger partial charge in [-0.2, -0.15) is 4.52 Å². The Bertz CT molecular complexity index is 874. The van der Waals surface area contributed by atoms with Gasteiger partial charge in [0.1, 0.15) is 5.82 Å². The number of fused-ring (bicyclic) bond motifs is 1. The third kappa shape index (κ3) is 2.87. The molecule has 0 amide bonds. The van der Waals surface area contributed by atoms with E-state index in [4.69, 9.17) is 9.84 Å². The van der Waals surface area contributed by atoms with Gasteiger partial charge < -0.3 is 10.1 Å². The summed E-state index contributed by atoms with van der Waals surface area (Å²) >= 11 is 0. The van der Waals surface area contributed by atoms with Crippen molar-refractivity contribution < 1.29 is 4.74 Å². The van der Waals surface area contributed by atoms with Crippen LogP contribution in [0, 0.1) is 5.92 Å². The van der Waals surface area contributed by atoms with Crippen molar-refractivity contribution in [3.05, 3.63) is 53.9 Å². The van der Waals surface area contributed by atoms with E-state index in [-0.39, 0.29) is 6.10 Å². The maximum Gasteiger partial charge on any atom is 0.178 e. The molecule has 2 fully saturated rings. The fraction of sp³-hybridized carbons (Fsp3) is 0.421. The highest BCUT2D eigenvalue weighted by molar-refractivity contribution is 5.44. The zero-order valence-corrected chi connectivity index (χ0v) is 14.0. The summed E-state index contributed by atoms with van der Waals surface area (Å²) in [6.07, 6.45) is 3.61. The maximum atomic E-state index is 5.97. The molecule has 6 nitrogen and oxygen atoms in total. The van der Waals surface area contributed by atoms with Crippen molar-refractivity contribution in [2.45, 2.75) is 31.3 Å². The molecule has 3 aromatic rings. The Balaban J connectivity index is 1.32. The lowest BCUT2D eigenvalue weighted by atomic mass is 9.95. The zero-order valence-electron chi connectivity index (χ0n) is 14.0. The highest BCUT2D eigenvalue weighted by Crippen LogP contribution is 2.39. The molecule has 5 rings (SSSR count). The predicted molar refractivity (Wildman–Crippen MR) is 94.5 cm³/mol. The molecule has 2 atom stereocenters. The molecule has 6 heteroatoms. The van der Waals surface area contributed by atoms with Gasteiger partial charge in [-0.3, -0.25) is 0 Å². The van der Waals surface area contributed by atoms with Crippen LogP contribution in [-0.4, -0.2) is 33.0 Å². The van der Waals surface area contributed by atoms with Gasteiger partial charge in [0.2, 0.25) is 0 Å². The number of benzene rings is 1. The van der Waals surface area contributed by atoms with E-state index in [1.807, 2.05) is 22.7 Å². The van der Waals surface area contributed by atoms with Crippen LogP contribution in [0.3, 0.4) is 0 Å². The SMILES string of the molecule is c1ccc(C2OCCC2CNc2ccc3nnc(C4CC4)n3n2)cc1. The Morgan fingerprint density at radius 2 is 1.92 bits per heavy atom. The van der Waals surface area contributed by atoms with Crippen LogP contribution in [0.1, 0.15) is 42.7 Å². The molecule has 3 heterocycles. The van der Waals surface area contributed by atoms with E-state index in [2.05, 4.69) is 39.8 Å². The zero-order chi connectivity index (χ0) is 16.6. The lowest BCUT2D eigenvalue weighted by Crippen LogP contribution is -2.19. The summed E-state index contributed by atoms with van der Waals surface area (Å²) in [7, 11) is 0. The Labute approximate surface area is 146 Å². The average Bonchev–Trinajstić information content (AvgIpc) is 3.24. The molecule has 1 N–H and O–H groups in total. The van der Waals surface area contributed by atoms with Crippen molar-refractivity contribution >= 4 is 11.5 Å². The molecule has 0 bridgehead atoms. The molecular formula is C19H21N5O. The number of hydrogen-bond acceptors (Lipinski definition) is 5. The minimum Gasteiger partial charge on any atom is -0.373 e. The Hall–Kier alpha value is -2.47. The van der Waals surface area contributed by atoms with Crippen molar-refractivity contribution in [1.82, 2.24) is 19.8 Å². The molecule has 1 saturated carbocycles. The van der Waals surface area contributed by atoms with Crippen LogP contribution in [0.25, 0.3) is 5.65 Å². The number of anilines is 1. The Morgan fingerprint density at radius 3 is 2.76 bits per heavy atom. The quantitative estimate of drug-likeness (QED) is 0.776. The maximum absolute atomic E-state index is 5.97. The van der Waals surface area contributed by atoms with Crippen LogP contribution in [0.4, 0.5) is 5.82 Å². The molecule has 2 aromatic heterocycles. The summed E-state index contributed by atoms with van der Waals surface area (Å²) in [6, 6.07) is 14.4. The van der Waals surface area contributed by atoms with Crippen LogP contribution in [0.2, 0.25) is 0 Å². The van der Waals surface area contributed by atoms with Crippen molar-refractivity contribution in [1.29, 1.82) is 0 Å². The second-order valence-electron chi connectivity index (χ2n) is 6.95. The topological polar surface area (TPSA) is 64.3 Å². The molecule has 1 aromatic carbocycles. The third-order valence-electron chi connectivity index (χ3n) is 5.12. The Kier molecular flexibility index (Phi) is 3.63. The van der Waals surface area contributed by atoms with Crippen LogP contribution in [0.5, 0.6) is 0 Å². The third-order valence-corrected chi connectivity index (χ3v) is 5.12. The van der Waals surface area contributed by atoms with Gasteiger partial charge in [-0.1, -0.05) is 30.3 Å². The number of rotatable bonds is 5. The fourth-order valence-electron chi connectivity index (χ4n) is 3.59. The van der Waals surface area contributed by atoms with Crippen molar-refractivity contribution in [3.8, 4) is 0 Å². The fourth-order valence-corrected chi connectivity index (χ4v) is 3.59. The summed E-state index contributed by atoms with van der Waals surface area (Å²) in [6.45, 7) is 1.66. The minimum atomic E-state index is 0.161. The minimum absolute atomic E-state index is 0.161. The van der Waals surface area contributed by atoms with Gasteiger partial charge in [-0.05, 0) is 37.0 Å². The highest BCUT2D eigenvalue weighted by atomic mass is 16.5. The highest BCUT2D eigenvalue weighted by Gasteiger charge is 2.30. The smallest absolute Gasteiger partial charge is 0.178 e. The summed E-state index contributed by atoms with van der Waals surface area (Å²) in [5.74, 6) is 2.84. The summed E-state index contributed by atoms with van der Waals surface area (Å²) in [5.41, 5.74) is 2.07. The lowest BCUT2D eigenvalue weighted by molar-refractivity contribution is 0.0933. The molecule has 2 aliphatic rings.